The Morgan fingerprint density at radius 3 is 2.56 bits per heavy atom. The van der Waals surface area contributed by atoms with E-state index < -0.39 is 23.2 Å². The molecule has 32 heavy (non-hydrogen) atoms. The van der Waals surface area contributed by atoms with Gasteiger partial charge in [0.05, 0.1) is 22.5 Å². The summed E-state index contributed by atoms with van der Waals surface area (Å²) in [5, 5.41) is 2.53. The van der Waals surface area contributed by atoms with Gasteiger partial charge in [0, 0.05) is 18.0 Å². The van der Waals surface area contributed by atoms with Crippen molar-refractivity contribution >= 4 is 17.2 Å². The van der Waals surface area contributed by atoms with Crippen LogP contribution in [0.1, 0.15) is 15.9 Å². The van der Waals surface area contributed by atoms with E-state index in [-0.39, 0.29) is 0 Å². The van der Waals surface area contributed by atoms with Crippen LogP contribution in [0.25, 0.3) is 16.9 Å². The van der Waals surface area contributed by atoms with Crippen LogP contribution >= 0.6 is 0 Å². The standard InChI is InChI=1S/C23H16F3N3O3/c24-23(25,26)17-4-2-1-3-16(17)22(30)27-15-6-8-21-28-18(13-29(21)12-15)14-5-7-19-20(11-14)32-10-9-31-19/h1-8,11-13H,9-10H2,(H,27,30). The second-order valence-electron chi connectivity index (χ2n) is 7.17. The van der Waals surface area contributed by atoms with Crippen LogP contribution in [0.4, 0.5) is 18.9 Å². The number of halogens is 3. The third-order valence-electron chi connectivity index (χ3n) is 5.02. The lowest BCUT2D eigenvalue weighted by molar-refractivity contribution is -0.137. The number of imidazole rings is 1. The van der Waals surface area contributed by atoms with Crippen molar-refractivity contribution < 1.29 is 27.4 Å². The first-order chi connectivity index (χ1) is 15.4. The summed E-state index contributed by atoms with van der Waals surface area (Å²) in [4.78, 5) is 17.1. The number of alkyl halides is 3. The molecule has 0 atom stereocenters. The number of pyridine rings is 1. The van der Waals surface area contributed by atoms with E-state index in [0.717, 1.165) is 17.7 Å². The molecule has 5 rings (SSSR count). The average Bonchev–Trinajstić information content (AvgIpc) is 3.21. The number of carbonyl (C=O) groups excluding carboxylic acids is 1. The summed E-state index contributed by atoms with van der Waals surface area (Å²) >= 11 is 0. The molecule has 0 saturated heterocycles. The SMILES string of the molecule is O=C(Nc1ccc2nc(-c3ccc4c(c3)OCCO4)cn2c1)c1ccccc1C(F)(F)F. The molecule has 1 N–H and O–H groups in total. The molecule has 162 valence electrons. The first kappa shape index (κ1) is 19.9. The maximum Gasteiger partial charge on any atom is 0.417 e. The lowest BCUT2D eigenvalue weighted by Crippen LogP contribution is -2.18. The number of hydrogen-bond acceptors (Lipinski definition) is 4. The number of nitrogens with zero attached hydrogens (tertiary/aromatic N) is 2. The Hall–Kier alpha value is -4.01. The summed E-state index contributed by atoms with van der Waals surface area (Å²) in [6.07, 6.45) is -1.27. The van der Waals surface area contributed by atoms with Crippen LogP contribution in [0.15, 0.2) is 67.0 Å². The van der Waals surface area contributed by atoms with Gasteiger partial charge in [0.2, 0.25) is 0 Å². The predicted molar refractivity (Wildman–Crippen MR) is 111 cm³/mol. The second kappa shape index (κ2) is 7.60. The van der Waals surface area contributed by atoms with E-state index in [0.29, 0.717) is 41.7 Å². The third-order valence-corrected chi connectivity index (χ3v) is 5.02. The molecule has 1 aliphatic rings. The van der Waals surface area contributed by atoms with E-state index in [1.807, 2.05) is 18.2 Å². The maximum atomic E-state index is 13.2. The van der Waals surface area contributed by atoms with Crippen molar-refractivity contribution in [3.05, 3.63) is 78.1 Å². The normalized spacial score (nSPS) is 13.2. The number of benzene rings is 2. The van der Waals surface area contributed by atoms with Gasteiger partial charge >= 0.3 is 6.18 Å². The predicted octanol–water partition coefficient (Wildman–Crippen LogP) is 5.04. The molecule has 4 aromatic rings. The highest BCUT2D eigenvalue weighted by molar-refractivity contribution is 6.05. The van der Waals surface area contributed by atoms with E-state index in [2.05, 4.69) is 10.3 Å². The Morgan fingerprint density at radius 1 is 0.969 bits per heavy atom. The molecule has 0 fully saturated rings. The van der Waals surface area contributed by atoms with E-state index in [4.69, 9.17) is 9.47 Å². The van der Waals surface area contributed by atoms with Crippen molar-refractivity contribution in [1.82, 2.24) is 9.38 Å². The smallest absolute Gasteiger partial charge is 0.417 e. The van der Waals surface area contributed by atoms with Gasteiger partial charge in [-0.1, -0.05) is 12.1 Å². The summed E-state index contributed by atoms with van der Waals surface area (Å²) in [7, 11) is 0. The minimum absolute atomic E-state index is 0.339. The number of ether oxygens (including phenoxy) is 2. The van der Waals surface area contributed by atoms with Crippen LogP contribution in [0.5, 0.6) is 11.5 Å². The fourth-order valence-electron chi connectivity index (χ4n) is 3.53. The molecular weight excluding hydrogens is 423 g/mol. The van der Waals surface area contributed by atoms with Gasteiger partial charge in [-0.2, -0.15) is 13.2 Å². The summed E-state index contributed by atoms with van der Waals surface area (Å²) < 4.78 is 52.5. The number of carbonyl (C=O) groups is 1. The molecule has 0 spiro atoms. The molecule has 0 unspecified atom stereocenters. The highest BCUT2D eigenvalue weighted by Crippen LogP contribution is 2.35. The average molecular weight is 439 g/mol. The van der Waals surface area contributed by atoms with Crippen LogP contribution in [0, 0.1) is 0 Å². The van der Waals surface area contributed by atoms with Crippen molar-refractivity contribution in [3.63, 3.8) is 0 Å². The molecule has 2 aromatic heterocycles. The molecular formula is C23H16F3N3O3. The number of anilines is 1. The van der Waals surface area contributed by atoms with Gasteiger partial charge in [-0.3, -0.25) is 4.79 Å². The van der Waals surface area contributed by atoms with Crippen molar-refractivity contribution in [2.24, 2.45) is 0 Å². The maximum absolute atomic E-state index is 13.2. The number of aromatic nitrogens is 2. The van der Waals surface area contributed by atoms with Gasteiger partial charge in [-0.25, -0.2) is 4.98 Å². The lowest BCUT2D eigenvalue weighted by Gasteiger charge is -2.18. The molecule has 0 aliphatic carbocycles. The first-order valence-corrected chi connectivity index (χ1v) is 9.75. The number of nitrogens with one attached hydrogen (secondary N) is 1. The number of fused-ring (bicyclic) bond motifs is 2. The van der Waals surface area contributed by atoms with Crippen molar-refractivity contribution in [1.29, 1.82) is 0 Å². The topological polar surface area (TPSA) is 64.9 Å². The third kappa shape index (κ3) is 3.73. The molecule has 0 bridgehead atoms. The minimum atomic E-state index is -4.62. The lowest BCUT2D eigenvalue weighted by atomic mass is 10.1. The summed E-state index contributed by atoms with van der Waals surface area (Å²) in [6.45, 7) is 0.977. The Morgan fingerprint density at radius 2 is 1.75 bits per heavy atom. The van der Waals surface area contributed by atoms with Crippen LogP contribution in [-0.4, -0.2) is 28.5 Å². The minimum Gasteiger partial charge on any atom is -0.486 e. The fourth-order valence-corrected chi connectivity index (χ4v) is 3.53. The Balaban J connectivity index is 1.42. The van der Waals surface area contributed by atoms with E-state index in [1.54, 1.807) is 28.9 Å². The zero-order valence-corrected chi connectivity index (χ0v) is 16.5. The quantitative estimate of drug-likeness (QED) is 0.486. The van der Waals surface area contributed by atoms with Crippen molar-refractivity contribution in [2.75, 3.05) is 18.5 Å². The Bertz CT molecular complexity index is 1330. The van der Waals surface area contributed by atoms with Gasteiger partial charge in [0.25, 0.3) is 5.91 Å². The van der Waals surface area contributed by atoms with Crippen molar-refractivity contribution in [3.8, 4) is 22.8 Å². The molecule has 0 saturated carbocycles. The number of amides is 1. The van der Waals surface area contributed by atoms with Gasteiger partial charge in [0.1, 0.15) is 18.9 Å². The Labute approximate surface area is 180 Å². The molecule has 9 heteroatoms. The van der Waals surface area contributed by atoms with Crippen molar-refractivity contribution in [2.45, 2.75) is 6.18 Å². The fraction of sp³-hybridized carbons (Fsp3) is 0.130. The van der Waals surface area contributed by atoms with Gasteiger partial charge in [0.15, 0.2) is 11.5 Å². The molecule has 3 heterocycles. The van der Waals surface area contributed by atoms with Crippen LogP contribution in [-0.2, 0) is 6.18 Å². The van der Waals surface area contributed by atoms with Crippen LogP contribution < -0.4 is 14.8 Å². The highest BCUT2D eigenvalue weighted by Gasteiger charge is 2.34. The molecule has 2 aromatic carbocycles. The second-order valence-corrected chi connectivity index (χ2v) is 7.17. The molecule has 1 amide bonds. The zero-order chi connectivity index (χ0) is 22.3. The Kier molecular flexibility index (Phi) is 4.73. The highest BCUT2D eigenvalue weighted by atomic mass is 19.4. The summed E-state index contributed by atoms with van der Waals surface area (Å²) in [5.41, 5.74) is 1.02. The zero-order valence-electron chi connectivity index (χ0n) is 16.5. The van der Waals surface area contributed by atoms with E-state index in [9.17, 15) is 18.0 Å². The van der Waals surface area contributed by atoms with E-state index in [1.165, 1.54) is 12.1 Å². The van der Waals surface area contributed by atoms with Gasteiger partial charge in [-0.05, 0) is 42.5 Å². The number of hydrogen-bond donors (Lipinski definition) is 1. The molecule has 0 radical (unpaired) electrons. The molecule has 6 nitrogen and oxygen atoms in total. The van der Waals surface area contributed by atoms with E-state index >= 15 is 0 Å². The first-order valence-electron chi connectivity index (χ1n) is 9.75. The largest absolute Gasteiger partial charge is 0.486 e. The monoisotopic (exact) mass is 439 g/mol. The van der Waals surface area contributed by atoms with Gasteiger partial charge < -0.3 is 19.2 Å². The number of rotatable bonds is 3. The van der Waals surface area contributed by atoms with Crippen LogP contribution in [0.2, 0.25) is 0 Å². The van der Waals surface area contributed by atoms with Crippen LogP contribution in [0.3, 0.4) is 0 Å². The summed E-state index contributed by atoms with van der Waals surface area (Å²) in [6, 6.07) is 13.5. The van der Waals surface area contributed by atoms with Gasteiger partial charge in [-0.15, -0.1) is 0 Å². The molecule has 1 aliphatic heterocycles. The summed E-state index contributed by atoms with van der Waals surface area (Å²) in [5.74, 6) is 0.472.